The van der Waals surface area contributed by atoms with Crippen molar-refractivity contribution < 1.29 is 28.0 Å². The van der Waals surface area contributed by atoms with E-state index in [0.29, 0.717) is 61.8 Å². The van der Waals surface area contributed by atoms with Crippen LogP contribution in [0.25, 0.3) is 0 Å². The van der Waals surface area contributed by atoms with Crippen molar-refractivity contribution in [3.63, 3.8) is 0 Å². The number of hydrogen-bond acceptors (Lipinski definition) is 6. The lowest BCUT2D eigenvalue weighted by atomic mass is 10.0. The van der Waals surface area contributed by atoms with Gasteiger partial charge in [0.15, 0.2) is 0 Å². The molecule has 0 aliphatic carbocycles. The van der Waals surface area contributed by atoms with Gasteiger partial charge in [0, 0.05) is 57.6 Å². The minimum absolute atomic E-state index is 0.0836. The van der Waals surface area contributed by atoms with Crippen LogP contribution in [0.4, 0.5) is 8.78 Å². The molecule has 258 valence electrons. The van der Waals surface area contributed by atoms with Crippen LogP contribution >= 0.6 is 0 Å². The second-order valence-electron chi connectivity index (χ2n) is 11.5. The highest BCUT2D eigenvalue weighted by molar-refractivity contribution is 5.99. The highest BCUT2D eigenvalue weighted by Crippen LogP contribution is 2.09. The molecule has 4 amide bonds. The largest absolute Gasteiger partial charge is 0.354 e. The molecule has 1 atom stereocenters. The number of benzene rings is 1. The van der Waals surface area contributed by atoms with Gasteiger partial charge in [0.1, 0.15) is 17.7 Å². The summed E-state index contributed by atoms with van der Waals surface area (Å²) in [6.07, 6.45) is 5.15. The van der Waals surface area contributed by atoms with E-state index < -0.39 is 17.7 Å². The number of pyridine rings is 1. The smallest absolute Gasteiger partial charge is 0.255 e. The molecule has 1 unspecified atom stereocenters. The average Bonchev–Trinajstić information content (AvgIpc) is 3.00. The number of carbonyl (C=O) groups excluding carboxylic acids is 4. The first-order valence-electron chi connectivity index (χ1n) is 15.9. The number of nitrogens with zero attached hydrogens (tertiary/aromatic N) is 2. The first kappa shape index (κ1) is 42.1. The molecular weight excluding hydrogens is 594 g/mol. The summed E-state index contributed by atoms with van der Waals surface area (Å²) in [6.45, 7) is 18.2. The molecule has 0 radical (unpaired) electrons. The number of rotatable bonds is 14. The lowest BCUT2D eigenvalue weighted by Crippen LogP contribution is -2.50. The molecule has 0 aliphatic rings. The summed E-state index contributed by atoms with van der Waals surface area (Å²) in [5.41, 5.74) is 6.77. The summed E-state index contributed by atoms with van der Waals surface area (Å²) in [7, 11) is 0. The second kappa shape index (κ2) is 23.4. The van der Waals surface area contributed by atoms with Crippen molar-refractivity contribution in [2.24, 2.45) is 17.6 Å². The van der Waals surface area contributed by atoms with E-state index >= 15 is 0 Å². The minimum Gasteiger partial charge on any atom is -0.354 e. The third-order valence-electron chi connectivity index (χ3n) is 6.23. The first-order chi connectivity index (χ1) is 21.7. The Morgan fingerprint density at radius 3 is 1.89 bits per heavy atom. The molecule has 5 N–H and O–H groups in total. The first-order valence-corrected chi connectivity index (χ1v) is 15.9. The summed E-state index contributed by atoms with van der Waals surface area (Å²) >= 11 is 0. The predicted molar refractivity (Wildman–Crippen MR) is 178 cm³/mol. The number of aromatic nitrogens is 1. The molecule has 2 rings (SSSR count). The molecule has 0 aliphatic heterocycles. The second-order valence-corrected chi connectivity index (χ2v) is 11.5. The Morgan fingerprint density at radius 2 is 1.43 bits per heavy atom. The van der Waals surface area contributed by atoms with Crippen LogP contribution in [0.5, 0.6) is 0 Å². The van der Waals surface area contributed by atoms with Crippen LogP contribution in [0.2, 0.25) is 0 Å². The van der Waals surface area contributed by atoms with Crippen molar-refractivity contribution in [1.29, 1.82) is 0 Å². The Morgan fingerprint density at radius 1 is 0.870 bits per heavy atom. The Hall–Kier alpha value is -3.93. The maximum Gasteiger partial charge on any atom is 0.255 e. The third-order valence-corrected chi connectivity index (χ3v) is 6.23. The fourth-order valence-corrected chi connectivity index (χ4v) is 3.92. The van der Waals surface area contributed by atoms with E-state index in [0.717, 1.165) is 18.9 Å². The molecule has 12 heteroatoms. The van der Waals surface area contributed by atoms with E-state index in [2.05, 4.69) is 20.9 Å². The predicted octanol–water partition coefficient (Wildman–Crippen LogP) is 4.61. The Labute approximate surface area is 273 Å². The van der Waals surface area contributed by atoms with Gasteiger partial charge in [-0.25, -0.2) is 8.78 Å². The normalized spacial score (nSPS) is 11.0. The van der Waals surface area contributed by atoms with Crippen molar-refractivity contribution >= 4 is 23.6 Å². The number of halogens is 2. The monoisotopic (exact) mass is 648 g/mol. The van der Waals surface area contributed by atoms with Gasteiger partial charge in [-0.15, -0.1) is 0 Å². The van der Waals surface area contributed by atoms with Gasteiger partial charge in [-0.3, -0.25) is 24.2 Å². The van der Waals surface area contributed by atoms with Crippen molar-refractivity contribution in [1.82, 2.24) is 25.8 Å². The van der Waals surface area contributed by atoms with Crippen LogP contribution in [-0.2, 0) is 9.59 Å². The number of carbonyl (C=O) groups is 4. The number of hydrogen-bond donors (Lipinski definition) is 4. The lowest BCUT2D eigenvalue weighted by Gasteiger charge is -2.22. The molecule has 1 heterocycles. The fraction of sp³-hybridized carbons (Fsp3) is 0.559. The Balaban J connectivity index is 0.000000712. The van der Waals surface area contributed by atoms with Crippen LogP contribution in [0.1, 0.15) is 94.0 Å². The van der Waals surface area contributed by atoms with Crippen molar-refractivity contribution in [2.45, 2.75) is 80.7 Å². The quantitative estimate of drug-likeness (QED) is 0.235. The van der Waals surface area contributed by atoms with Gasteiger partial charge in [-0.2, -0.15) is 0 Å². The molecule has 0 bridgehead atoms. The average molecular weight is 649 g/mol. The van der Waals surface area contributed by atoms with E-state index in [-0.39, 0.29) is 29.5 Å². The van der Waals surface area contributed by atoms with Gasteiger partial charge in [0.25, 0.3) is 11.8 Å². The van der Waals surface area contributed by atoms with Crippen LogP contribution in [0.15, 0.2) is 36.7 Å². The number of nitrogens with two attached hydrogens (primary N) is 1. The highest BCUT2D eigenvalue weighted by Gasteiger charge is 2.23. The zero-order valence-corrected chi connectivity index (χ0v) is 28.7. The Bertz CT molecular complexity index is 1170. The third kappa shape index (κ3) is 17.5. The van der Waals surface area contributed by atoms with Crippen molar-refractivity contribution in [3.8, 4) is 0 Å². The van der Waals surface area contributed by atoms with Crippen molar-refractivity contribution in [2.75, 3.05) is 32.7 Å². The maximum atomic E-state index is 12.4. The van der Waals surface area contributed by atoms with E-state index in [9.17, 15) is 28.0 Å². The minimum atomic E-state index is -0.521. The van der Waals surface area contributed by atoms with E-state index in [1.807, 2.05) is 41.5 Å². The van der Waals surface area contributed by atoms with E-state index in [4.69, 9.17) is 5.73 Å². The van der Waals surface area contributed by atoms with Gasteiger partial charge >= 0.3 is 0 Å². The molecule has 46 heavy (non-hydrogen) atoms. The van der Waals surface area contributed by atoms with Gasteiger partial charge in [0.2, 0.25) is 11.8 Å². The summed E-state index contributed by atoms with van der Waals surface area (Å²) in [4.78, 5) is 53.2. The lowest BCUT2D eigenvalue weighted by molar-refractivity contribution is -0.130. The summed E-state index contributed by atoms with van der Waals surface area (Å²) < 4.78 is 24.4. The molecular formula is C34H54F2N6O4. The zero-order chi connectivity index (χ0) is 35.2. The highest BCUT2D eigenvalue weighted by atomic mass is 19.1. The Kier molecular flexibility index (Phi) is 21.4. The summed E-state index contributed by atoms with van der Waals surface area (Å²) in [5, 5.41) is 8.24. The molecule has 10 nitrogen and oxygen atoms in total. The van der Waals surface area contributed by atoms with Gasteiger partial charge in [-0.05, 0) is 55.4 Å². The van der Waals surface area contributed by atoms with Gasteiger partial charge in [-0.1, -0.05) is 48.5 Å². The number of aryl methyl sites for hydroxylation is 1. The molecule has 0 saturated heterocycles. The van der Waals surface area contributed by atoms with Crippen LogP contribution in [-0.4, -0.2) is 72.3 Å². The summed E-state index contributed by atoms with van der Waals surface area (Å²) in [5.74, 6) is -1.05. The topological polar surface area (TPSA) is 147 Å². The van der Waals surface area contributed by atoms with Crippen molar-refractivity contribution in [3.05, 3.63) is 65.0 Å². The number of nitrogens with one attached hydrogen (secondary N) is 3. The van der Waals surface area contributed by atoms with Gasteiger partial charge in [0.05, 0.1) is 11.1 Å². The molecule has 0 fully saturated rings. The standard InChI is InChI=1S/C15H24N4O2.C12H24N2O2.C7H6F2/c1-3-7-19(8-4-2)15(21)13-9-12(10-17-11-13)14(20)18-6-5-16;1-6-10(15)14-11(9(4)5)12(16)13-7-8(2)3;1-5-2-6(8)4-7(9)3-5/h9-11H,3-8,16H2,1-2H3,(H,18,20);8-9,11H,6-7H2,1-5H3,(H,13,16)(H,14,15);2-4H,1H3. The molecule has 0 spiro atoms. The van der Waals surface area contributed by atoms with Gasteiger partial charge < -0.3 is 26.6 Å². The van der Waals surface area contributed by atoms with E-state index in [1.54, 1.807) is 24.8 Å². The van der Waals surface area contributed by atoms with E-state index in [1.165, 1.54) is 24.5 Å². The zero-order valence-electron chi connectivity index (χ0n) is 28.7. The van der Waals surface area contributed by atoms with Crippen LogP contribution < -0.4 is 21.7 Å². The van der Waals surface area contributed by atoms with Crippen LogP contribution in [0.3, 0.4) is 0 Å². The molecule has 0 saturated carbocycles. The maximum absolute atomic E-state index is 12.4. The fourth-order valence-electron chi connectivity index (χ4n) is 3.92. The summed E-state index contributed by atoms with van der Waals surface area (Å²) in [6, 6.07) is 4.57. The number of amides is 4. The SMILES string of the molecule is CCC(=O)NC(C(=O)NCC(C)C)C(C)C.CCCN(CCC)C(=O)c1cncc(C(=O)NCCN)c1.Cc1cc(F)cc(F)c1. The molecule has 1 aromatic heterocycles. The molecule has 2 aromatic rings. The van der Waals surface area contributed by atoms with Crippen LogP contribution in [0, 0.1) is 30.4 Å². The molecule has 1 aromatic carbocycles.